The predicted molar refractivity (Wildman–Crippen MR) is 120 cm³/mol. The molecule has 4 rings (SSSR count). The Bertz CT molecular complexity index is 1120. The minimum Gasteiger partial charge on any atom is -0.484 e. The Morgan fingerprint density at radius 1 is 0.938 bits per heavy atom. The molecule has 0 spiro atoms. The number of benzene rings is 3. The highest BCUT2D eigenvalue weighted by Crippen LogP contribution is 2.40. The highest BCUT2D eigenvalue weighted by molar-refractivity contribution is 6.30. The molecule has 3 aromatic carbocycles. The van der Waals surface area contributed by atoms with Gasteiger partial charge in [0.05, 0.1) is 6.04 Å². The molecule has 1 amide bonds. The third kappa shape index (κ3) is 4.86. The van der Waals surface area contributed by atoms with Gasteiger partial charge in [-0.25, -0.2) is 4.79 Å². The summed E-state index contributed by atoms with van der Waals surface area (Å²) in [7, 11) is 0. The van der Waals surface area contributed by atoms with E-state index in [9.17, 15) is 9.59 Å². The molecule has 1 N–H and O–H groups in total. The molecule has 0 fully saturated rings. The molecule has 0 bridgehead atoms. The van der Waals surface area contributed by atoms with Gasteiger partial charge in [-0.15, -0.1) is 0 Å². The van der Waals surface area contributed by atoms with Crippen LogP contribution in [0.25, 0.3) is 0 Å². The van der Waals surface area contributed by atoms with Gasteiger partial charge < -0.3 is 19.5 Å². The first-order chi connectivity index (χ1) is 15.5. The maximum absolute atomic E-state index is 13.3. The molecule has 0 saturated heterocycles. The lowest BCUT2D eigenvalue weighted by atomic mass is 9.87. The number of carboxylic acids is 1. The molecule has 6 nitrogen and oxygen atoms in total. The lowest BCUT2D eigenvalue weighted by molar-refractivity contribution is -0.139. The summed E-state index contributed by atoms with van der Waals surface area (Å²) in [4.78, 5) is 26.1. The van der Waals surface area contributed by atoms with Crippen LogP contribution in [-0.4, -0.2) is 41.6 Å². The maximum atomic E-state index is 13.3. The highest BCUT2D eigenvalue weighted by atomic mass is 35.5. The summed E-state index contributed by atoms with van der Waals surface area (Å²) in [6.45, 7) is -0.119. The fourth-order valence-corrected chi connectivity index (χ4v) is 4.10. The summed E-state index contributed by atoms with van der Waals surface area (Å²) in [5.41, 5.74) is 2.71. The van der Waals surface area contributed by atoms with Crippen LogP contribution >= 0.6 is 11.6 Å². The number of hydrogen-bond donors (Lipinski definition) is 1. The summed E-state index contributed by atoms with van der Waals surface area (Å²) in [5.74, 6) is -0.278. The van der Waals surface area contributed by atoms with Gasteiger partial charge in [-0.2, -0.15) is 0 Å². The molecule has 3 aromatic rings. The number of amides is 1. The molecule has 164 valence electrons. The standard InChI is InChI=1S/C25H22ClNO5/c26-18-10-11-22(32-16-24(29)30)21(14-18)25-20-9-5-4-6-17(20)12-13-27(25)23(28)15-31-19-7-2-1-3-8-19/h1-11,14,25H,12-13,15-16H2,(H,29,30). The Balaban J connectivity index is 1.69. The number of para-hydroxylation sites is 1. The Morgan fingerprint density at radius 3 is 2.47 bits per heavy atom. The minimum atomic E-state index is -1.08. The van der Waals surface area contributed by atoms with E-state index in [1.165, 1.54) is 0 Å². The van der Waals surface area contributed by atoms with Gasteiger partial charge in [0, 0.05) is 17.1 Å². The largest absolute Gasteiger partial charge is 0.484 e. The molecule has 0 aromatic heterocycles. The van der Waals surface area contributed by atoms with Gasteiger partial charge in [0.15, 0.2) is 13.2 Å². The summed E-state index contributed by atoms with van der Waals surface area (Å²) >= 11 is 6.29. The second kappa shape index (κ2) is 9.75. The molecule has 1 atom stereocenters. The van der Waals surface area contributed by atoms with E-state index in [4.69, 9.17) is 26.2 Å². The molecule has 1 aliphatic heterocycles. The number of carboxylic acid groups (broad SMARTS) is 1. The molecular weight excluding hydrogens is 430 g/mol. The number of halogens is 1. The third-order valence-corrected chi connectivity index (χ3v) is 5.56. The topological polar surface area (TPSA) is 76.1 Å². The van der Waals surface area contributed by atoms with Gasteiger partial charge in [-0.1, -0.05) is 54.1 Å². The number of carbonyl (C=O) groups is 2. The van der Waals surface area contributed by atoms with Crippen LogP contribution in [0.1, 0.15) is 22.7 Å². The number of hydrogen-bond acceptors (Lipinski definition) is 4. The van der Waals surface area contributed by atoms with E-state index in [-0.39, 0.29) is 12.5 Å². The van der Waals surface area contributed by atoms with E-state index < -0.39 is 18.6 Å². The van der Waals surface area contributed by atoms with E-state index in [0.717, 1.165) is 11.1 Å². The van der Waals surface area contributed by atoms with Crippen LogP contribution in [0.2, 0.25) is 5.02 Å². The quantitative estimate of drug-likeness (QED) is 0.577. The molecular formula is C25H22ClNO5. The molecule has 1 aliphatic rings. The fraction of sp³-hybridized carbons (Fsp3) is 0.200. The number of carbonyl (C=O) groups excluding carboxylic acids is 1. The van der Waals surface area contributed by atoms with Crippen LogP contribution in [0.5, 0.6) is 11.5 Å². The predicted octanol–water partition coefficient (Wildman–Crippen LogP) is 4.36. The lowest BCUT2D eigenvalue weighted by Crippen LogP contribution is -2.43. The van der Waals surface area contributed by atoms with E-state index >= 15 is 0 Å². The first kappa shape index (κ1) is 21.7. The zero-order valence-corrected chi connectivity index (χ0v) is 18.0. The SMILES string of the molecule is O=C(O)COc1ccc(Cl)cc1C1c2ccccc2CCN1C(=O)COc1ccccc1. The Kier molecular flexibility index (Phi) is 6.61. The van der Waals surface area contributed by atoms with Crippen molar-refractivity contribution in [2.24, 2.45) is 0 Å². The van der Waals surface area contributed by atoms with E-state index in [1.54, 1.807) is 35.2 Å². The van der Waals surface area contributed by atoms with E-state index in [0.29, 0.717) is 35.1 Å². The maximum Gasteiger partial charge on any atom is 0.341 e. The van der Waals surface area contributed by atoms with Gasteiger partial charge in [-0.05, 0) is 47.9 Å². The van der Waals surface area contributed by atoms with Crippen molar-refractivity contribution in [3.63, 3.8) is 0 Å². The number of aliphatic carboxylic acids is 1. The third-order valence-electron chi connectivity index (χ3n) is 5.33. The van der Waals surface area contributed by atoms with Crippen molar-refractivity contribution in [1.29, 1.82) is 0 Å². The van der Waals surface area contributed by atoms with Crippen LogP contribution in [-0.2, 0) is 16.0 Å². The first-order valence-electron chi connectivity index (χ1n) is 10.2. The van der Waals surface area contributed by atoms with Gasteiger partial charge in [0.25, 0.3) is 5.91 Å². The van der Waals surface area contributed by atoms with E-state index in [2.05, 4.69) is 0 Å². The number of fused-ring (bicyclic) bond motifs is 1. The number of nitrogens with zero attached hydrogens (tertiary/aromatic N) is 1. The molecule has 1 unspecified atom stereocenters. The zero-order valence-electron chi connectivity index (χ0n) is 17.2. The summed E-state index contributed by atoms with van der Waals surface area (Å²) in [6, 6.07) is 21.6. The lowest BCUT2D eigenvalue weighted by Gasteiger charge is -2.38. The number of rotatable bonds is 7. The van der Waals surface area contributed by atoms with Crippen LogP contribution in [0.15, 0.2) is 72.8 Å². The molecule has 0 saturated carbocycles. The van der Waals surface area contributed by atoms with Crippen LogP contribution < -0.4 is 9.47 Å². The summed E-state index contributed by atoms with van der Waals surface area (Å²) in [5, 5.41) is 9.55. The highest BCUT2D eigenvalue weighted by Gasteiger charge is 2.34. The molecule has 0 aliphatic carbocycles. The average Bonchev–Trinajstić information content (AvgIpc) is 2.81. The first-order valence-corrected chi connectivity index (χ1v) is 10.6. The van der Waals surface area contributed by atoms with Crippen LogP contribution in [0, 0.1) is 0 Å². The Hall–Kier alpha value is -3.51. The molecule has 32 heavy (non-hydrogen) atoms. The molecule has 7 heteroatoms. The van der Waals surface area contributed by atoms with Crippen LogP contribution in [0.4, 0.5) is 0 Å². The van der Waals surface area contributed by atoms with Crippen molar-refractivity contribution in [2.75, 3.05) is 19.8 Å². The number of ether oxygens (including phenoxy) is 2. The monoisotopic (exact) mass is 451 g/mol. The minimum absolute atomic E-state index is 0.117. The summed E-state index contributed by atoms with van der Waals surface area (Å²) < 4.78 is 11.3. The Labute approximate surface area is 191 Å². The smallest absolute Gasteiger partial charge is 0.341 e. The van der Waals surface area contributed by atoms with Crippen molar-refractivity contribution in [3.8, 4) is 11.5 Å². The Morgan fingerprint density at radius 2 is 1.69 bits per heavy atom. The zero-order chi connectivity index (χ0) is 22.5. The summed E-state index contributed by atoms with van der Waals surface area (Å²) in [6.07, 6.45) is 0.704. The van der Waals surface area contributed by atoms with Gasteiger partial charge in [0.1, 0.15) is 11.5 Å². The van der Waals surface area contributed by atoms with Crippen molar-refractivity contribution >= 4 is 23.5 Å². The van der Waals surface area contributed by atoms with Gasteiger partial charge in [-0.3, -0.25) is 4.79 Å². The fourth-order valence-electron chi connectivity index (χ4n) is 3.92. The van der Waals surface area contributed by atoms with Crippen molar-refractivity contribution in [3.05, 3.63) is 94.5 Å². The van der Waals surface area contributed by atoms with E-state index in [1.807, 2.05) is 42.5 Å². The second-order valence-corrected chi connectivity index (χ2v) is 7.84. The van der Waals surface area contributed by atoms with Crippen molar-refractivity contribution in [2.45, 2.75) is 12.5 Å². The van der Waals surface area contributed by atoms with Crippen molar-refractivity contribution < 1.29 is 24.2 Å². The molecule has 1 heterocycles. The van der Waals surface area contributed by atoms with Crippen LogP contribution in [0.3, 0.4) is 0 Å². The second-order valence-electron chi connectivity index (χ2n) is 7.40. The normalized spacial score (nSPS) is 15.0. The average molecular weight is 452 g/mol. The van der Waals surface area contributed by atoms with Gasteiger partial charge >= 0.3 is 5.97 Å². The van der Waals surface area contributed by atoms with Crippen molar-refractivity contribution in [1.82, 2.24) is 4.90 Å². The molecule has 0 radical (unpaired) electrons. The van der Waals surface area contributed by atoms with Gasteiger partial charge in [0.2, 0.25) is 0 Å².